The van der Waals surface area contributed by atoms with Crippen molar-refractivity contribution < 1.29 is 4.79 Å². The smallest absolute Gasteiger partial charge is 0.224 e. The zero-order chi connectivity index (χ0) is 14.7. The van der Waals surface area contributed by atoms with Crippen molar-refractivity contribution in [1.82, 2.24) is 4.90 Å². The number of nitrogens with two attached hydrogens (primary N) is 1. The summed E-state index contributed by atoms with van der Waals surface area (Å²) in [5.41, 5.74) is 8.73. The SMILES string of the molecule is CC(C)C(N)CC(=O)N(C)C1CCCc2ccccc21. The summed E-state index contributed by atoms with van der Waals surface area (Å²) in [6, 6.07) is 8.65. The van der Waals surface area contributed by atoms with E-state index in [2.05, 4.69) is 38.1 Å². The molecule has 1 aliphatic rings. The number of rotatable bonds is 4. The molecule has 0 bridgehead atoms. The Bertz CT molecular complexity index is 470. The van der Waals surface area contributed by atoms with E-state index in [0.29, 0.717) is 12.3 Å². The third kappa shape index (κ3) is 3.21. The van der Waals surface area contributed by atoms with E-state index >= 15 is 0 Å². The van der Waals surface area contributed by atoms with Gasteiger partial charge in [0.05, 0.1) is 6.04 Å². The largest absolute Gasteiger partial charge is 0.339 e. The second-order valence-corrected chi connectivity index (χ2v) is 6.22. The van der Waals surface area contributed by atoms with E-state index in [4.69, 9.17) is 5.73 Å². The van der Waals surface area contributed by atoms with Crippen LogP contribution in [0, 0.1) is 5.92 Å². The highest BCUT2D eigenvalue weighted by Crippen LogP contribution is 2.33. The monoisotopic (exact) mass is 274 g/mol. The molecule has 0 aromatic heterocycles. The van der Waals surface area contributed by atoms with Crippen LogP contribution in [0.25, 0.3) is 0 Å². The van der Waals surface area contributed by atoms with Crippen LogP contribution in [0.1, 0.15) is 50.3 Å². The summed E-state index contributed by atoms with van der Waals surface area (Å²) in [6.07, 6.45) is 3.76. The molecule has 2 unspecified atom stereocenters. The Morgan fingerprint density at radius 3 is 2.80 bits per heavy atom. The zero-order valence-electron chi connectivity index (χ0n) is 12.8. The fraction of sp³-hybridized carbons (Fsp3) is 0.588. The Morgan fingerprint density at radius 2 is 2.10 bits per heavy atom. The van der Waals surface area contributed by atoms with E-state index in [9.17, 15) is 4.79 Å². The van der Waals surface area contributed by atoms with Crippen LogP contribution in [0.3, 0.4) is 0 Å². The zero-order valence-corrected chi connectivity index (χ0v) is 12.8. The van der Waals surface area contributed by atoms with Gasteiger partial charge in [0.1, 0.15) is 0 Å². The number of nitrogens with zero attached hydrogens (tertiary/aromatic N) is 1. The summed E-state index contributed by atoms with van der Waals surface area (Å²) in [5.74, 6) is 0.499. The molecule has 0 aliphatic heterocycles. The molecule has 20 heavy (non-hydrogen) atoms. The van der Waals surface area contributed by atoms with Crippen LogP contribution in [0.5, 0.6) is 0 Å². The van der Waals surface area contributed by atoms with Crippen molar-refractivity contribution in [2.24, 2.45) is 11.7 Å². The predicted octanol–water partition coefficient (Wildman–Crippen LogP) is 2.90. The van der Waals surface area contributed by atoms with E-state index in [1.54, 1.807) is 0 Å². The van der Waals surface area contributed by atoms with Crippen LogP contribution in [-0.2, 0) is 11.2 Å². The Labute approximate surface area is 122 Å². The summed E-state index contributed by atoms with van der Waals surface area (Å²) >= 11 is 0. The summed E-state index contributed by atoms with van der Waals surface area (Å²) in [6.45, 7) is 4.13. The number of hydrogen-bond acceptors (Lipinski definition) is 2. The lowest BCUT2D eigenvalue weighted by Crippen LogP contribution is -2.38. The fourth-order valence-corrected chi connectivity index (χ4v) is 2.89. The van der Waals surface area contributed by atoms with Gasteiger partial charge in [-0.25, -0.2) is 0 Å². The van der Waals surface area contributed by atoms with E-state index in [0.717, 1.165) is 19.3 Å². The minimum absolute atomic E-state index is 0.0521. The van der Waals surface area contributed by atoms with Crippen LogP contribution in [0.2, 0.25) is 0 Å². The Kier molecular flexibility index (Phi) is 4.81. The van der Waals surface area contributed by atoms with Gasteiger partial charge >= 0.3 is 0 Å². The van der Waals surface area contributed by atoms with E-state index in [-0.39, 0.29) is 18.0 Å². The molecule has 2 atom stereocenters. The quantitative estimate of drug-likeness (QED) is 0.917. The second-order valence-electron chi connectivity index (χ2n) is 6.22. The number of benzene rings is 1. The molecule has 0 saturated heterocycles. The van der Waals surface area contributed by atoms with Gasteiger partial charge in [-0.3, -0.25) is 4.79 Å². The minimum atomic E-state index is -0.0521. The third-order valence-electron chi connectivity index (χ3n) is 4.47. The van der Waals surface area contributed by atoms with Gasteiger partial charge in [-0.1, -0.05) is 38.1 Å². The summed E-state index contributed by atoms with van der Waals surface area (Å²) < 4.78 is 0. The van der Waals surface area contributed by atoms with Crippen LogP contribution >= 0.6 is 0 Å². The first-order valence-electron chi connectivity index (χ1n) is 7.59. The lowest BCUT2D eigenvalue weighted by Gasteiger charge is -2.34. The Morgan fingerprint density at radius 1 is 1.40 bits per heavy atom. The molecule has 1 aromatic carbocycles. The van der Waals surface area contributed by atoms with Gasteiger partial charge in [-0.2, -0.15) is 0 Å². The van der Waals surface area contributed by atoms with Crippen molar-refractivity contribution in [2.45, 2.75) is 51.6 Å². The summed E-state index contributed by atoms with van der Waals surface area (Å²) in [5, 5.41) is 0. The summed E-state index contributed by atoms with van der Waals surface area (Å²) in [4.78, 5) is 14.3. The average molecular weight is 274 g/mol. The third-order valence-corrected chi connectivity index (χ3v) is 4.47. The average Bonchev–Trinajstić information content (AvgIpc) is 2.45. The first-order chi connectivity index (χ1) is 9.50. The van der Waals surface area contributed by atoms with Gasteiger partial charge in [-0.05, 0) is 36.3 Å². The topological polar surface area (TPSA) is 46.3 Å². The van der Waals surface area contributed by atoms with Gasteiger partial charge < -0.3 is 10.6 Å². The molecule has 3 nitrogen and oxygen atoms in total. The number of fused-ring (bicyclic) bond motifs is 1. The van der Waals surface area contributed by atoms with E-state index < -0.39 is 0 Å². The molecular formula is C17H26N2O. The molecular weight excluding hydrogens is 248 g/mol. The molecule has 1 aromatic rings. The molecule has 2 N–H and O–H groups in total. The van der Waals surface area contributed by atoms with Crippen molar-refractivity contribution in [2.75, 3.05) is 7.05 Å². The molecule has 1 aliphatic carbocycles. The molecule has 3 heteroatoms. The molecule has 110 valence electrons. The minimum Gasteiger partial charge on any atom is -0.339 e. The molecule has 0 radical (unpaired) electrons. The first kappa shape index (κ1) is 15.0. The highest BCUT2D eigenvalue weighted by Gasteiger charge is 2.27. The summed E-state index contributed by atoms with van der Waals surface area (Å²) in [7, 11) is 1.92. The normalized spacial score (nSPS) is 19.6. The molecule has 2 rings (SSSR count). The molecule has 0 heterocycles. The standard InChI is InChI=1S/C17H26N2O/c1-12(2)15(18)11-17(20)19(3)16-10-6-8-13-7-4-5-9-14(13)16/h4-5,7,9,12,15-16H,6,8,10-11,18H2,1-3H3. The van der Waals surface area contributed by atoms with Crippen LogP contribution in [0.4, 0.5) is 0 Å². The van der Waals surface area contributed by atoms with Crippen molar-refractivity contribution in [3.8, 4) is 0 Å². The lowest BCUT2D eigenvalue weighted by atomic mass is 9.86. The van der Waals surface area contributed by atoms with Crippen molar-refractivity contribution >= 4 is 5.91 Å². The molecule has 1 amide bonds. The number of carbonyl (C=O) groups excluding carboxylic acids is 1. The maximum atomic E-state index is 12.4. The maximum absolute atomic E-state index is 12.4. The van der Waals surface area contributed by atoms with Crippen LogP contribution < -0.4 is 5.73 Å². The molecule has 0 saturated carbocycles. The molecule has 0 spiro atoms. The second kappa shape index (κ2) is 6.40. The Hall–Kier alpha value is -1.35. The number of carbonyl (C=O) groups is 1. The van der Waals surface area contributed by atoms with Gasteiger partial charge in [0.15, 0.2) is 0 Å². The highest BCUT2D eigenvalue weighted by atomic mass is 16.2. The maximum Gasteiger partial charge on any atom is 0.224 e. The number of aryl methyl sites for hydroxylation is 1. The van der Waals surface area contributed by atoms with Crippen molar-refractivity contribution in [3.63, 3.8) is 0 Å². The van der Waals surface area contributed by atoms with Crippen molar-refractivity contribution in [1.29, 1.82) is 0 Å². The Balaban J connectivity index is 2.10. The molecule has 0 fully saturated rings. The fourth-order valence-electron chi connectivity index (χ4n) is 2.89. The van der Waals surface area contributed by atoms with Gasteiger partial charge in [0.2, 0.25) is 5.91 Å². The number of hydrogen-bond donors (Lipinski definition) is 1. The van der Waals surface area contributed by atoms with Gasteiger partial charge in [0.25, 0.3) is 0 Å². The van der Waals surface area contributed by atoms with Crippen LogP contribution in [0.15, 0.2) is 24.3 Å². The van der Waals surface area contributed by atoms with E-state index in [1.165, 1.54) is 11.1 Å². The predicted molar refractivity (Wildman–Crippen MR) is 82.3 cm³/mol. The van der Waals surface area contributed by atoms with Crippen molar-refractivity contribution in [3.05, 3.63) is 35.4 Å². The number of amides is 1. The van der Waals surface area contributed by atoms with Gasteiger partial charge in [0, 0.05) is 19.5 Å². The highest BCUT2D eigenvalue weighted by molar-refractivity contribution is 5.77. The van der Waals surface area contributed by atoms with E-state index in [1.807, 2.05) is 11.9 Å². The van der Waals surface area contributed by atoms with Gasteiger partial charge in [-0.15, -0.1) is 0 Å². The van der Waals surface area contributed by atoms with Crippen LogP contribution in [-0.4, -0.2) is 23.9 Å². The lowest BCUT2D eigenvalue weighted by molar-refractivity contribution is -0.133. The first-order valence-corrected chi connectivity index (χ1v) is 7.59.